The average molecular weight is 455 g/mol. The number of rotatable bonds is 5. The van der Waals surface area contributed by atoms with Crippen molar-refractivity contribution in [3.05, 3.63) is 100 Å². The molecule has 2 aliphatic rings. The molecular weight excluding hydrogens is 434 g/mol. The van der Waals surface area contributed by atoms with Gasteiger partial charge in [0, 0.05) is 44.5 Å². The molecule has 3 aromatic rings. The highest BCUT2D eigenvalue weighted by Crippen LogP contribution is 2.35. The lowest BCUT2D eigenvalue weighted by atomic mass is 10.0. The second-order valence-corrected chi connectivity index (χ2v) is 7.97. The molecule has 0 spiro atoms. The Bertz CT molecular complexity index is 1270. The Balaban J connectivity index is 1.51. The normalized spacial score (nSPS) is 16.4. The number of para-hydroxylation sites is 1. The first-order valence-corrected chi connectivity index (χ1v) is 10.9. The summed E-state index contributed by atoms with van der Waals surface area (Å²) >= 11 is 0. The van der Waals surface area contributed by atoms with E-state index in [1.165, 1.54) is 29.2 Å². The van der Waals surface area contributed by atoms with Crippen molar-refractivity contribution in [1.29, 1.82) is 0 Å². The molecule has 170 valence electrons. The van der Waals surface area contributed by atoms with E-state index in [9.17, 15) is 19.7 Å². The van der Waals surface area contributed by atoms with Crippen molar-refractivity contribution >= 4 is 34.6 Å². The van der Waals surface area contributed by atoms with Crippen LogP contribution in [0.25, 0.3) is 5.57 Å². The van der Waals surface area contributed by atoms with Gasteiger partial charge in [-0.1, -0.05) is 24.3 Å². The molecule has 0 unspecified atom stereocenters. The van der Waals surface area contributed by atoms with Crippen LogP contribution in [0.5, 0.6) is 0 Å². The average Bonchev–Trinajstić information content (AvgIpc) is 3.15. The lowest BCUT2D eigenvalue weighted by Crippen LogP contribution is -2.48. The van der Waals surface area contributed by atoms with E-state index in [0.29, 0.717) is 43.1 Å². The summed E-state index contributed by atoms with van der Waals surface area (Å²) in [7, 11) is 0. The molecule has 0 aliphatic carbocycles. The van der Waals surface area contributed by atoms with Gasteiger partial charge >= 0.3 is 0 Å². The van der Waals surface area contributed by atoms with Crippen molar-refractivity contribution in [2.45, 2.75) is 0 Å². The van der Waals surface area contributed by atoms with E-state index >= 15 is 0 Å². The number of carbonyl (C=O) groups excluding carboxylic acids is 2. The highest BCUT2D eigenvalue weighted by Gasteiger charge is 2.43. The maximum atomic E-state index is 13.6. The van der Waals surface area contributed by atoms with Crippen LogP contribution in [0.2, 0.25) is 0 Å². The SMILES string of the molecule is O=C1C(c2ccc([N+](=O)[O-])cc2)=C(N2CCN(c3ccccn3)CC2)C(=O)N1c1ccccc1. The maximum absolute atomic E-state index is 13.6. The van der Waals surface area contributed by atoms with Crippen LogP contribution in [0.3, 0.4) is 0 Å². The molecule has 9 heteroatoms. The van der Waals surface area contributed by atoms with Crippen LogP contribution >= 0.6 is 0 Å². The van der Waals surface area contributed by atoms with Crippen molar-refractivity contribution in [2.24, 2.45) is 0 Å². The minimum Gasteiger partial charge on any atom is -0.363 e. The second-order valence-electron chi connectivity index (χ2n) is 7.97. The van der Waals surface area contributed by atoms with Gasteiger partial charge in [0.2, 0.25) is 0 Å². The predicted molar refractivity (Wildman–Crippen MR) is 127 cm³/mol. The number of non-ortho nitro benzene ring substituents is 1. The molecule has 2 amide bonds. The minimum atomic E-state index is -0.492. The van der Waals surface area contributed by atoms with Crippen LogP contribution in [0.4, 0.5) is 17.2 Å². The zero-order valence-corrected chi connectivity index (χ0v) is 18.2. The first-order chi connectivity index (χ1) is 16.5. The lowest BCUT2D eigenvalue weighted by Gasteiger charge is -2.37. The molecule has 0 saturated carbocycles. The van der Waals surface area contributed by atoms with E-state index in [4.69, 9.17) is 0 Å². The summed E-state index contributed by atoms with van der Waals surface area (Å²) in [6, 6.07) is 20.3. The van der Waals surface area contributed by atoms with Crippen LogP contribution in [0.1, 0.15) is 5.56 Å². The second kappa shape index (κ2) is 8.78. The van der Waals surface area contributed by atoms with E-state index in [1.54, 1.807) is 30.5 Å². The highest BCUT2D eigenvalue weighted by molar-refractivity contribution is 6.45. The zero-order valence-electron chi connectivity index (χ0n) is 18.2. The Morgan fingerprint density at radius 3 is 2.03 bits per heavy atom. The Morgan fingerprint density at radius 1 is 0.765 bits per heavy atom. The fraction of sp³-hybridized carbons (Fsp3) is 0.160. The van der Waals surface area contributed by atoms with E-state index in [-0.39, 0.29) is 11.3 Å². The standard InChI is InChI=1S/C25H21N5O4/c31-24-22(18-9-11-20(12-10-18)30(33)34)23(25(32)29(24)19-6-2-1-3-7-19)28-16-14-27(15-17-28)21-8-4-5-13-26-21/h1-13H,14-17H2. The van der Waals surface area contributed by atoms with Gasteiger partial charge in [-0.05, 0) is 42.0 Å². The monoisotopic (exact) mass is 455 g/mol. The summed E-state index contributed by atoms with van der Waals surface area (Å²) < 4.78 is 0. The summed E-state index contributed by atoms with van der Waals surface area (Å²) in [4.78, 5) is 47.4. The summed E-state index contributed by atoms with van der Waals surface area (Å²) in [5.41, 5.74) is 1.47. The van der Waals surface area contributed by atoms with E-state index in [0.717, 1.165) is 5.82 Å². The predicted octanol–water partition coefficient (Wildman–Crippen LogP) is 3.10. The maximum Gasteiger partial charge on any atom is 0.282 e. The Hall–Kier alpha value is -4.53. The Kier molecular flexibility index (Phi) is 5.51. The van der Waals surface area contributed by atoms with Crippen molar-refractivity contribution in [3.63, 3.8) is 0 Å². The summed E-state index contributed by atoms with van der Waals surface area (Å²) in [5.74, 6) is 0.0366. The van der Waals surface area contributed by atoms with Gasteiger partial charge in [0.15, 0.2) is 0 Å². The number of piperazine rings is 1. The van der Waals surface area contributed by atoms with Crippen molar-refractivity contribution < 1.29 is 14.5 Å². The van der Waals surface area contributed by atoms with Crippen LogP contribution in [-0.4, -0.2) is 52.8 Å². The Morgan fingerprint density at radius 2 is 1.41 bits per heavy atom. The number of pyridine rings is 1. The number of imide groups is 1. The fourth-order valence-corrected chi connectivity index (χ4v) is 4.33. The number of carbonyl (C=O) groups is 2. The third-order valence-electron chi connectivity index (χ3n) is 6.01. The molecule has 5 rings (SSSR count). The lowest BCUT2D eigenvalue weighted by molar-refractivity contribution is -0.384. The number of benzene rings is 2. The molecular formula is C25H21N5O4. The van der Waals surface area contributed by atoms with Gasteiger partial charge in [0.25, 0.3) is 17.5 Å². The molecule has 0 radical (unpaired) electrons. The van der Waals surface area contributed by atoms with Crippen LogP contribution in [0, 0.1) is 10.1 Å². The topological polar surface area (TPSA) is 99.9 Å². The molecule has 3 heterocycles. The first kappa shape index (κ1) is 21.3. The molecule has 9 nitrogen and oxygen atoms in total. The quantitative estimate of drug-likeness (QED) is 0.331. The van der Waals surface area contributed by atoms with Crippen molar-refractivity contribution in [1.82, 2.24) is 9.88 Å². The third-order valence-corrected chi connectivity index (χ3v) is 6.01. The number of nitro benzene ring substituents is 1. The number of nitrogens with zero attached hydrogens (tertiary/aromatic N) is 5. The number of amides is 2. The summed E-state index contributed by atoms with van der Waals surface area (Å²) in [6.07, 6.45) is 1.74. The van der Waals surface area contributed by atoms with Gasteiger partial charge < -0.3 is 9.80 Å². The largest absolute Gasteiger partial charge is 0.363 e. The minimum absolute atomic E-state index is 0.0773. The van der Waals surface area contributed by atoms with Gasteiger partial charge in [0.05, 0.1) is 16.2 Å². The van der Waals surface area contributed by atoms with Gasteiger partial charge in [-0.25, -0.2) is 9.88 Å². The van der Waals surface area contributed by atoms with Crippen LogP contribution in [0.15, 0.2) is 84.7 Å². The summed E-state index contributed by atoms with van der Waals surface area (Å²) in [6.45, 7) is 2.34. The zero-order chi connectivity index (χ0) is 23.7. The van der Waals surface area contributed by atoms with Gasteiger partial charge in [-0.2, -0.15) is 0 Å². The van der Waals surface area contributed by atoms with Gasteiger partial charge in [-0.15, -0.1) is 0 Å². The number of nitro groups is 1. The molecule has 1 aromatic heterocycles. The molecule has 0 atom stereocenters. The Labute approximate surface area is 195 Å². The number of aromatic nitrogens is 1. The van der Waals surface area contributed by atoms with Crippen molar-refractivity contribution in [3.8, 4) is 0 Å². The molecule has 1 fully saturated rings. The fourth-order valence-electron chi connectivity index (χ4n) is 4.33. The number of hydrogen-bond acceptors (Lipinski definition) is 7. The molecule has 34 heavy (non-hydrogen) atoms. The third kappa shape index (κ3) is 3.77. The van der Waals surface area contributed by atoms with Gasteiger partial charge in [0.1, 0.15) is 11.5 Å². The van der Waals surface area contributed by atoms with E-state index < -0.39 is 16.7 Å². The first-order valence-electron chi connectivity index (χ1n) is 10.9. The number of hydrogen-bond donors (Lipinski definition) is 0. The van der Waals surface area contributed by atoms with E-state index in [2.05, 4.69) is 9.88 Å². The molecule has 2 aromatic carbocycles. The highest BCUT2D eigenvalue weighted by atomic mass is 16.6. The number of anilines is 2. The van der Waals surface area contributed by atoms with Crippen molar-refractivity contribution in [2.75, 3.05) is 36.0 Å². The van der Waals surface area contributed by atoms with Gasteiger partial charge in [-0.3, -0.25) is 19.7 Å². The van der Waals surface area contributed by atoms with E-state index in [1.807, 2.05) is 29.2 Å². The van der Waals surface area contributed by atoms with Crippen LogP contribution < -0.4 is 9.80 Å². The smallest absolute Gasteiger partial charge is 0.282 e. The van der Waals surface area contributed by atoms with Crippen LogP contribution in [-0.2, 0) is 9.59 Å². The molecule has 0 bridgehead atoms. The summed E-state index contributed by atoms with van der Waals surface area (Å²) in [5, 5.41) is 11.1. The molecule has 2 aliphatic heterocycles. The molecule has 0 N–H and O–H groups in total. The molecule has 1 saturated heterocycles.